The summed E-state index contributed by atoms with van der Waals surface area (Å²) < 4.78 is 48.6. The van der Waals surface area contributed by atoms with E-state index in [2.05, 4.69) is 9.84 Å². The normalized spacial score (nSPS) is 11.2. The summed E-state index contributed by atoms with van der Waals surface area (Å²) in [5.74, 6) is -0.292. The number of halogens is 5. The lowest BCUT2D eigenvalue weighted by Gasteiger charge is -2.14. The van der Waals surface area contributed by atoms with Gasteiger partial charge in [0.1, 0.15) is 17.6 Å². The zero-order chi connectivity index (χ0) is 27.6. The highest BCUT2D eigenvalue weighted by Crippen LogP contribution is 2.38. The van der Waals surface area contributed by atoms with Gasteiger partial charge in [-0.2, -0.15) is 9.94 Å². The first-order valence-electron chi connectivity index (χ1n) is 10.3. The van der Waals surface area contributed by atoms with Crippen molar-refractivity contribution >= 4 is 23.2 Å². The number of nitrogens with zero attached hydrogens (tertiary/aromatic N) is 4. The van der Waals surface area contributed by atoms with E-state index in [9.17, 15) is 27.6 Å². The summed E-state index contributed by atoms with van der Waals surface area (Å²) in [7, 11) is 0. The summed E-state index contributed by atoms with van der Waals surface area (Å²) in [6.07, 6.45) is -3.48. The largest absolute Gasteiger partial charge is 0.573 e. The van der Waals surface area contributed by atoms with E-state index in [0.717, 1.165) is 16.8 Å². The highest BCUT2D eigenvalue weighted by molar-refractivity contribution is 6.37. The van der Waals surface area contributed by atoms with Crippen molar-refractivity contribution in [2.75, 3.05) is 0 Å². The molecule has 0 saturated heterocycles. The second-order valence-electron chi connectivity index (χ2n) is 7.49. The first-order valence-corrected chi connectivity index (χ1v) is 11.1. The lowest BCUT2D eigenvalue weighted by Crippen LogP contribution is -2.33. The minimum absolute atomic E-state index is 0.00472. The van der Waals surface area contributed by atoms with Gasteiger partial charge in [-0.05, 0) is 35.9 Å². The molecule has 0 amide bonds. The lowest BCUT2D eigenvalue weighted by atomic mass is 10.2. The number of ether oxygens (including phenoxy) is 2. The summed E-state index contributed by atoms with van der Waals surface area (Å²) in [6, 6.07) is 11.6. The molecule has 2 aromatic heterocycles. The summed E-state index contributed by atoms with van der Waals surface area (Å²) in [6.45, 7) is 0.00472. The molecule has 38 heavy (non-hydrogen) atoms. The average Bonchev–Trinajstić information content (AvgIpc) is 2.83. The predicted octanol–water partition coefficient (Wildman–Crippen LogP) is 4.00. The number of pyridine rings is 1. The fourth-order valence-corrected chi connectivity index (χ4v) is 3.77. The number of rotatable bonds is 6. The molecule has 0 spiro atoms. The molecule has 0 aliphatic rings. The van der Waals surface area contributed by atoms with Gasteiger partial charge < -0.3 is 14.0 Å². The van der Waals surface area contributed by atoms with Gasteiger partial charge in [-0.1, -0.05) is 35.3 Å². The molecule has 0 aliphatic carbocycles. The summed E-state index contributed by atoms with van der Waals surface area (Å²) in [5, 5.41) is 12.5. The van der Waals surface area contributed by atoms with E-state index in [0.29, 0.717) is 5.56 Å². The molecule has 1 N–H and O–H groups in total. The lowest BCUT2D eigenvalue weighted by molar-refractivity contribution is -0.274. The number of hydrogen-bond donors (Lipinski definition) is 1. The van der Waals surface area contributed by atoms with Gasteiger partial charge in [0.05, 0.1) is 28.5 Å². The Morgan fingerprint density at radius 3 is 2.24 bits per heavy atom. The van der Waals surface area contributed by atoms with Crippen molar-refractivity contribution in [1.29, 1.82) is 5.26 Å². The van der Waals surface area contributed by atoms with Gasteiger partial charge in [-0.3, -0.25) is 14.6 Å². The molecule has 0 bridgehead atoms. The van der Waals surface area contributed by atoms with E-state index in [1.165, 1.54) is 47.2 Å². The third-order valence-electron chi connectivity index (χ3n) is 4.85. The smallest absolute Gasteiger partial charge is 0.453 e. The number of nitrogens with one attached hydrogen (secondary N) is 1. The fraction of sp³-hybridized carbons (Fsp3) is 0.0870. The average molecular weight is 566 g/mol. The van der Waals surface area contributed by atoms with Crippen LogP contribution in [0.15, 0.2) is 69.1 Å². The van der Waals surface area contributed by atoms with Crippen molar-refractivity contribution in [2.45, 2.75) is 12.9 Å². The van der Waals surface area contributed by atoms with Gasteiger partial charge in [-0.25, -0.2) is 4.79 Å². The van der Waals surface area contributed by atoms with Crippen LogP contribution >= 0.6 is 23.2 Å². The fourth-order valence-electron chi connectivity index (χ4n) is 3.22. The van der Waals surface area contributed by atoms with Crippen LogP contribution in [0.5, 0.6) is 17.2 Å². The maximum absolute atomic E-state index is 12.4. The Kier molecular flexibility index (Phi) is 7.29. The third kappa shape index (κ3) is 6.05. The van der Waals surface area contributed by atoms with Crippen LogP contribution in [-0.2, 0) is 6.54 Å². The molecule has 0 fully saturated rings. The van der Waals surface area contributed by atoms with Crippen molar-refractivity contribution in [3.8, 4) is 29.0 Å². The van der Waals surface area contributed by atoms with Crippen molar-refractivity contribution < 1.29 is 22.6 Å². The maximum atomic E-state index is 12.4. The van der Waals surface area contributed by atoms with Gasteiger partial charge in [0.2, 0.25) is 5.69 Å². The van der Waals surface area contributed by atoms with Crippen molar-refractivity contribution in [3.63, 3.8) is 0 Å². The molecule has 0 unspecified atom stereocenters. The summed E-state index contributed by atoms with van der Waals surface area (Å²) in [5.41, 5.74) is -2.31. The molecule has 4 aromatic rings. The first-order chi connectivity index (χ1) is 17.9. The molecule has 0 atom stereocenters. The highest BCUT2D eigenvalue weighted by atomic mass is 35.5. The van der Waals surface area contributed by atoms with Gasteiger partial charge >= 0.3 is 12.1 Å². The number of nitriles is 1. The number of alkyl halides is 3. The van der Waals surface area contributed by atoms with Gasteiger partial charge in [0.15, 0.2) is 5.75 Å². The molecule has 15 heteroatoms. The second-order valence-corrected chi connectivity index (χ2v) is 8.31. The Morgan fingerprint density at radius 1 is 1.00 bits per heavy atom. The molecule has 10 nitrogen and oxygen atoms in total. The van der Waals surface area contributed by atoms with Crippen LogP contribution in [-0.4, -0.2) is 25.7 Å². The zero-order valence-electron chi connectivity index (χ0n) is 18.6. The predicted molar refractivity (Wildman–Crippen MR) is 128 cm³/mol. The van der Waals surface area contributed by atoms with Crippen molar-refractivity contribution in [3.05, 3.63) is 107 Å². The van der Waals surface area contributed by atoms with Crippen LogP contribution in [0.2, 0.25) is 10.0 Å². The minimum Gasteiger partial charge on any atom is -0.453 e. The second kappa shape index (κ2) is 10.4. The molecular formula is C23H12Cl2F3N5O5. The monoisotopic (exact) mass is 565 g/mol. The number of aromatic amines is 1. The zero-order valence-corrected chi connectivity index (χ0v) is 20.1. The summed E-state index contributed by atoms with van der Waals surface area (Å²) >= 11 is 12.6. The Labute approximate surface area is 219 Å². The summed E-state index contributed by atoms with van der Waals surface area (Å²) in [4.78, 5) is 38.0. The number of aromatic nitrogens is 4. The Bertz CT molecular complexity index is 1720. The van der Waals surface area contributed by atoms with Crippen LogP contribution in [0.3, 0.4) is 0 Å². The molecule has 2 heterocycles. The first kappa shape index (κ1) is 26.5. The number of H-pyrrole nitrogens is 1. The van der Waals surface area contributed by atoms with E-state index in [1.807, 2.05) is 4.98 Å². The van der Waals surface area contributed by atoms with Crippen LogP contribution in [0.25, 0.3) is 5.69 Å². The van der Waals surface area contributed by atoms with Gasteiger partial charge in [0.25, 0.3) is 11.1 Å². The Balaban J connectivity index is 1.59. The van der Waals surface area contributed by atoms with Crippen LogP contribution < -0.4 is 26.3 Å². The molecule has 194 valence electrons. The minimum atomic E-state index is -4.82. The molecule has 0 aliphatic heterocycles. The van der Waals surface area contributed by atoms with E-state index < -0.39 is 34.6 Å². The van der Waals surface area contributed by atoms with Crippen molar-refractivity contribution in [1.82, 2.24) is 19.3 Å². The Hall–Kier alpha value is -4.54. The molecular weight excluding hydrogens is 554 g/mol. The van der Waals surface area contributed by atoms with E-state index >= 15 is 0 Å². The van der Waals surface area contributed by atoms with E-state index in [1.54, 1.807) is 6.07 Å². The van der Waals surface area contributed by atoms with Gasteiger partial charge in [-0.15, -0.1) is 18.3 Å². The Morgan fingerprint density at radius 2 is 1.63 bits per heavy atom. The topological polar surface area (TPSA) is 132 Å². The molecule has 0 saturated carbocycles. The highest BCUT2D eigenvalue weighted by Gasteiger charge is 2.31. The van der Waals surface area contributed by atoms with Crippen LogP contribution in [0, 0.1) is 11.3 Å². The number of hydrogen-bond acceptors (Lipinski definition) is 7. The van der Waals surface area contributed by atoms with Crippen LogP contribution in [0.4, 0.5) is 13.2 Å². The van der Waals surface area contributed by atoms with E-state index in [4.69, 9.17) is 33.2 Å². The standard InChI is InChI=1S/C23H12Cl2F3N5O5/c24-16-7-13(33-22(36)30-21(35)18(9-29)31-33)8-17(25)20(16)37-15-5-6-19(34)32(11-15)10-12-1-3-14(4-2-12)38-23(26,27)28/h1-8,11H,10H2,(H,30,35,36). The van der Waals surface area contributed by atoms with Crippen LogP contribution in [0.1, 0.15) is 11.3 Å². The van der Waals surface area contributed by atoms with Gasteiger partial charge in [0, 0.05) is 6.07 Å². The quantitative estimate of drug-likeness (QED) is 0.373. The third-order valence-corrected chi connectivity index (χ3v) is 5.41. The number of benzene rings is 2. The maximum Gasteiger partial charge on any atom is 0.573 e. The van der Waals surface area contributed by atoms with Crippen molar-refractivity contribution in [2.24, 2.45) is 0 Å². The molecule has 2 aromatic carbocycles. The van der Waals surface area contributed by atoms with E-state index in [-0.39, 0.29) is 33.8 Å². The molecule has 4 rings (SSSR count). The molecule has 0 radical (unpaired) electrons. The SMILES string of the molecule is N#Cc1nn(-c2cc(Cl)c(Oc3ccc(=O)n(Cc4ccc(OC(F)(F)F)cc4)c3)c(Cl)c2)c(=O)[nH]c1=O.